The largest absolute Gasteiger partial charge is 0.457 e. The predicted molar refractivity (Wildman–Crippen MR) is 117 cm³/mol. The van der Waals surface area contributed by atoms with E-state index in [2.05, 4.69) is 11.1 Å². The minimum atomic E-state index is -0.446. The first-order valence-corrected chi connectivity index (χ1v) is 9.91. The molecule has 0 bridgehead atoms. The second kappa shape index (κ2) is 8.15. The number of nitriles is 1. The molecule has 0 N–H and O–H groups in total. The van der Waals surface area contributed by atoms with Gasteiger partial charge in [0.15, 0.2) is 0 Å². The zero-order chi connectivity index (χ0) is 21.1. The Morgan fingerprint density at radius 3 is 2.47 bits per heavy atom. The molecule has 6 nitrogen and oxygen atoms in total. The Morgan fingerprint density at radius 2 is 1.80 bits per heavy atom. The fraction of sp³-hybridized carbons (Fsp3) is 0.0435. The molecule has 0 atom stereocenters. The predicted octanol–water partition coefficient (Wildman–Crippen LogP) is 6.35. The van der Waals surface area contributed by atoms with Crippen molar-refractivity contribution in [1.82, 2.24) is 4.98 Å². The Labute approximate surface area is 176 Å². The molecule has 2 aromatic heterocycles. The summed E-state index contributed by atoms with van der Waals surface area (Å²) in [5, 5.41) is 22.9. The van der Waals surface area contributed by atoms with Crippen LogP contribution in [0.4, 0.5) is 5.69 Å². The molecule has 0 radical (unpaired) electrons. The van der Waals surface area contributed by atoms with Gasteiger partial charge in [-0.1, -0.05) is 29.8 Å². The number of benzene rings is 2. The molecule has 0 fully saturated rings. The molecule has 4 rings (SSSR count). The fourth-order valence-electron chi connectivity index (χ4n) is 2.87. The van der Waals surface area contributed by atoms with Crippen molar-refractivity contribution in [3.8, 4) is 28.7 Å². The average molecular weight is 413 g/mol. The van der Waals surface area contributed by atoms with Gasteiger partial charge in [0.25, 0.3) is 5.69 Å². The van der Waals surface area contributed by atoms with Crippen molar-refractivity contribution in [3.05, 3.63) is 92.5 Å². The molecule has 7 heteroatoms. The van der Waals surface area contributed by atoms with Crippen LogP contribution in [0.25, 0.3) is 34.2 Å². The summed E-state index contributed by atoms with van der Waals surface area (Å²) in [6, 6.07) is 19.9. The highest BCUT2D eigenvalue weighted by molar-refractivity contribution is 7.11. The van der Waals surface area contributed by atoms with E-state index < -0.39 is 4.92 Å². The quantitative estimate of drug-likeness (QED) is 0.216. The molecule has 0 aliphatic carbocycles. The molecule has 146 valence electrons. The molecule has 4 aromatic rings. The number of thiazole rings is 1. The number of allylic oxidation sites excluding steroid dienone is 1. The standard InChI is InChI=1S/C23H15N3O3S/c1-15-2-4-16(5-3-15)21-14-30-23(25-21)18(13-24)12-20-10-11-22(29-20)17-6-8-19(9-7-17)26(27)28/h2-12,14H,1H3. The van der Waals surface area contributed by atoms with Gasteiger partial charge in [-0.3, -0.25) is 10.1 Å². The van der Waals surface area contributed by atoms with E-state index in [1.165, 1.54) is 29.0 Å². The third-order valence-corrected chi connectivity index (χ3v) is 5.35. The topological polar surface area (TPSA) is 93.0 Å². The number of aryl methyl sites for hydroxylation is 1. The van der Waals surface area contributed by atoms with E-state index in [1.54, 1.807) is 30.3 Å². The summed E-state index contributed by atoms with van der Waals surface area (Å²) in [4.78, 5) is 14.9. The van der Waals surface area contributed by atoms with Gasteiger partial charge in [0, 0.05) is 34.7 Å². The summed E-state index contributed by atoms with van der Waals surface area (Å²) in [6.07, 6.45) is 1.65. The first-order valence-electron chi connectivity index (χ1n) is 9.03. The maximum atomic E-state index is 10.8. The summed E-state index contributed by atoms with van der Waals surface area (Å²) in [5.74, 6) is 1.07. The van der Waals surface area contributed by atoms with Crippen LogP contribution in [0.2, 0.25) is 0 Å². The van der Waals surface area contributed by atoms with Crippen LogP contribution < -0.4 is 0 Å². The molecule has 0 amide bonds. The minimum Gasteiger partial charge on any atom is -0.457 e. The smallest absolute Gasteiger partial charge is 0.269 e. The number of hydrogen-bond donors (Lipinski definition) is 0. The van der Waals surface area contributed by atoms with Gasteiger partial charge in [0.1, 0.15) is 22.6 Å². The Hall–Kier alpha value is -4.02. The van der Waals surface area contributed by atoms with Crippen molar-refractivity contribution >= 4 is 28.7 Å². The summed E-state index contributed by atoms with van der Waals surface area (Å²) in [7, 11) is 0. The van der Waals surface area contributed by atoms with E-state index in [1.807, 2.05) is 36.6 Å². The van der Waals surface area contributed by atoms with Crippen LogP contribution in [-0.2, 0) is 0 Å². The lowest BCUT2D eigenvalue weighted by atomic mass is 10.1. The van der Waals surface area contributed by atoms with Gasteiger partial charge < -0.3 is 4.42 Å². The molecular weight excluding hydrogens is 398 g/mol. The first-order chi connectivity index (χ1) is 14.5. The van der Waals surface area contributed by atoms with Crippen molar-refractivity contribution in [2.24, 2.45) is 0 Å². The summed E-state index contributed by atoms with van der Waals surface area (Å²) < 4.78 is 5.81. The maximum absolute atomic E-state index is 10.8. The highest BCUT2D eigenvalue weighted by Crippen LogP contribution is 2.29. The van der Waals surface area contributed by atoms with E-state index in [0.717, 1.165) is 16.8 Å². The van der Waals surface area contributed by atoms with Crippen LogP contribution in [-0.4, -0.2) is 9.91 Å². The number of nitrogens with zero attached hydrogens (tertiary/aromatic N) is 3. The average Bonchev–Trinajstić information content (AvgIpc) is 3.42. The Kier molecular flexibility index (Phi) is 5.24. The van der Waals surface area contributed by atoms with E-state index in [4.69, 9.17) is 4.42 Å². The Morgan fingerprint density at radius 1 is 1.10 bits per heavy atom. The van der Waals surface area contributed by atoms with Crippen molar-refractivity contribution in [2.75, 3.05) is 0 Å². The second-order valence-electron chi connectivity index (χ2n) is 6.58. The zero-order valence-corrected chi connectivity index (χ0v) is 16.7. The lowest BCUT2D eigenvalue weighted by Crippen LogP contribution is -1.86. The van der Waals surface area contributed by atoms with Crippen molar-refractivity contribution < 1.29 is 9.34 Å². The number of non-ortho nitro benzene ring substituents is 1. The van der Waals surface area contributed by atoms with Gasteiger partial charge >= 0.3 is 0 Å². The van der Waals surface area contributed by atoms with Crippen LogP contribution in [0, 0.1) is 28.4 Å². The maximum Gasteiger partial charge on any atom is 0.269 e. The van der Waals surface area contributed by atoms with Gasteiger partial charge in [0.2, 0.25) is 0 Å². The molecule has 2 heterocycles. The monoisotopic (exact) mass is 413 g/mol. The molecular formula is C23H15N3O3S. The van der Waals surface area contributed by atoms with Gasteiger partial charge in [-0.15, -0.1) is 11.3 Å². The minimum absolute atomic E-state index is 0.0188. The van der Waals surface area contributed by atoms with Crippen LogP contribution in [0.5, 0.6) is 0 Å². The van der Waals surface area contributed by atoms with Crippen molar-refractivity contribution in [3.63, 3.8) is 0 Å². The number of nitro benzene ring substituents is 1. The van der Waals surface area contributed by atoms with Gasteiger partial charge in [-0.25, -0.2) is 4.98 Å². The molecule has 0 aliphatic heterocycles. The first kappa shape index (κ1) is 19.3. The van der Waals surface area contributed by atoms with Crippen molar-refractivity contribution in [1.29, 1.82) is 5.26 Å². The van der Waals surface area contributed by atoms with Crippen LogP contribution in [0.15, 0.2) is 70.5 Å². The third-order valence-electron chi connectivity index (χ3n) is 4.48. The van der Waals surface area contributed by atoms with Crippen molar-refractivity contribution in [2.45, 2.75) is 6.92 Å². The molecule has 30 heavy (non-hydrogen) atoms. The normalized spacial score (nSPS) is 11.3. The number of furan rings is 1. The Bertz CT molecular complexity index is 1280. The van der Waals surface area contributed by atoms with Crippen LogP contribution in [0.3, 0.4) is 0 Å². The third kappa shape index (κ3) is 4.04. The van der Waals surface area contributed by atoms with Gasteiger partial charge in [-0.2, -0.15) is 5.26 Å². The van der Waals surface area contributed by atoms with E-state index in [0.29, 0.717) is 22.1 Å². The Balaban J connectivity index is 1.59. The number of hydrogen-bond acceptors (Lipinski definition) is 6. The summed E-state index contributed by atoms with van der Waals surface area (Å²) >= 11 is 1.40. The van der Waals surface area contributed by atoms with Crippen LogP contribution >= 0.6 is 11.3 Å². The van der Waals surface area contributed by atoms with Gasteiger partial charge in [-0.05, 0) is 31.2 Å². The zero-order valence-electron chi connectivity index (χ0n) is 15.9. The summed E-state index contributed by atoms with van der Waals surface area (Å²) in [5.41, 5.74) is 4.14. The molecule has 0 saturated carbocycles. The molecule has 0 aliphatic rings. The summed E-state index contributed by atoms with van der Waals surface area (Å²) in [6.45, 7) is 2.03. The number of aromatic nitrogens is 1. The SMILES string of the molecule is Cc1ccc(-c2csc(C(C#N)=Cc3ccc(-c4ccc([N+](=O)[O-])cc4)o3)n2)cc1. The highest BCUT2D eigenvalue weighted by Gasteiger charge is 2.12. The second-order valence-corrected chi connectivity index (χ2v) is 7.44. The molecule has 0 unspecified atom stereocenters. The highest BCUT2D eigenvalue weighted by atomic mass is 32.1. The molecule has 0 saturated heterocycles. The van der Waals surface area contributed by atoms with E-state index >= 15 is 0 Å². The lowest BCUT2D eigenvalue weighted by molar-refractivity contribution is -0.384. The molecule has 0 spiro atoms. The lowest BCUT2D eigenvalue weighted by Gasteiger charge is -1.97. The molecule has 2 aromatic carbocycles. The van der Waals surface area contributed by atoms with Crippen LogP contribution in [0.1, 0.15) is 16.3 Å². The van der Waals surface area contributed by atoms with E-state index in [-0.39, 0.29) is 5.69 Å². The fourth-order valence-corrected chi connectivity index (χ4v) is 3.67. The number of nitro groups is 1. The number of rotatable bonds is 5. The van der Waals surface area contributed by atoms with E-state index in [9.17, 15) is 15.4 Å². The van der Waals surface area contributed by atoms with Gasteiger partial charge in [0.05, 0.1) is 16.2 Å².